The molecular formula is C18H21ClN6O. The summed E-state index contributed by atoms with van der Waals surface area (Å²) < 4.78 is 0. The van der Waals surface area contributed by atoms with Gasteiger partial charge in [-0.15, -0.1) is 0 Å². The molecule has 0 amide bonds. The van der Waals surface area contributed by atoms with Crippen molar-refractivity contribution in [2.75, 3.05) is 23.7 Å². The van der Waals surface area contributed by atoms with Crippen LogP contribution in [0.2, 0.25) is 5.15 Å². The lowest BCUT2D eigenvalue weighted by Gasteiger charge is -2.03. The predicted octanol–water partition coefficient (Wildman–Crippen LogP) is 2.59. The van der Waals surface area contributed by atoms with Crippen LogP contribution >= 0.6 is 11.6 Å². The van der Waals surface area contributed by atoms with Crippen LogP contribution in [0.5, 0.6) is 0 Å². The monoisotopic (exact) mass is 372 g/mol. The van der Waals surface area contributed by atoms with Crippen LogP contribution in [0.1, 0.15) is 60.3 Å². The average molecular weight is 373 g/mol. The maximum Gasteiger partial charge on any atom is 0.256 e. The van der Waals surface area contributed by atoms with Gasteiger partial charge in [-0.2, -0.15) is 0 Å². The molecule has 2 aliphatic carbocycles. The van der Waals surface area contributed by atoms with Gasteiger partial charge in [0.05, 0.1) is 5.56 Å². The van der Waals surface area contributed by atoms with Crippen LogP contribution < -0.4 is 16.2 Å². The van der Waals surface area contributed by atoms with Gasteiger partial charge < -0.3 is 15.6 Å². The van der Waals surface area contributed by atoms with Crippen LogP contribution in [0.25, 0.3) is 0 Å². The second-order valence-corrected chi connectivity index (χ2v) is 7.74. The lowest BCUT2D eigenvalue weighted by molar-refractivity contribution is 0.903. The Morgan fingerprint density at radius 1 is 0.846 bits per heavy atom. The molecule has 3 N–H and O–H groups in total. The van der Waals surface area contributed by atoms with Crippen molar-refractivity contribution < 1.29 is 0 Å². The number of rotatable bonds is 2. The fraction of sp³-hybridized carbons (Fsp3) is 0.556. The van der Waals surface area contributed by atoms with Crippen molar-refractivity contribution in [1.29, 1.82) is 0 Å². The molecule has 4 heterocycles. The number of aromatic nitrogens is 4. The summed E-state index contributed by atoms with van der Waals surface area (Å²) in [6, 6.07) is 0. The Kier molecular flexibility index (Phi) is 3.85. The van der Waals surface area contributed by atoms with E-state index in [1.807, 2.05) is 0 Å². The third-order valence-electron chi connectivity index (χ3n) is 5.25. The lowest BCUT2D eigenvalue weighted by atomic mass is 10.2. The third-order valence-corrected chi connectivity index (χ3v) is 5.56. The number of halogens is 1. The molecule has 7 nitrogen and oxygen atoms in total. The van der Waals surface area contributed by atoms with Gasteiger partial charge in [-0.25, -0.2) is 15.0 Å². The van der Waals surface area contributed by atoms with Crippen LogP contribution in [-0.4, -0.2) is 33.0 Å². The van der Waals surface area contributed by atoms with Gasteiger partial charge in [0.15, 0.2) is 0 Å². The summed E-state index contributed by atoms with van der Waals surface area (Å²) in [5, 5.41) is 7.01. The minimum absolute atomic E-state index is 0.0527. The molecule has 136 valence electrons. The summed E-state index contributed by atoms with van der Waals surface area (Å²) >= 11 is 6.06. The third kappa shape index (κ3) is 3.05. The number of aromatic amines is 1. The molecule has 0 aromatic carbocycles. The van der Waals surface area contributed by atoms with Gasteiger partial charge in [0, 0.05) is 30.5 Å². The molecule has 0 saturated heterocycles. The van der Waals surface area contributed by atoms with Crippen LogP contribution in [0.4, 0.5) is 11.6 Å². The number of nitrogens with one attached hydrogen (secondary N) is 3. The summed E-state index contributed by atoms with van der Waals surface area (Å²) in [6.45, 7) is 1.79. The van der Waals surface area contributed by atoms with Crippen LogP contribution in [-0.2, 0) is 12.8 Å². The quantitative estimate of drug-likeness (QED) is 0.701. The molecule has 0 radical (unpaired) electrons. The van der Waals surface area contributed by atoms with E-state index in [0.717, 1.165) is 60.3 Å². The Bertz CT molecular complexity index is 919. The largest absolute Gasteiger partial charge is 0.369 e. The lowest BCUT2D eigenvalue weighted by Crippen LogP contribution is -2.14. The van der Waals surface area contributed by atoms with Gasteiger partial charge >= 0.3 is 0 Å². The topological polar surface area (TPSA) is 95.6 Å². The SMILES string of the molecule is Clc1nc(C2CC2)nc2c1CCN2.O=c1[nH]c(C2CC2)nc2c1CCN2. The summed E-state index contributed by atoms with van der Waals surface area (Å²) in [4.78, 5) is 27.6. The second kappa shape index (κ2) is 6.23. The van der Waals surface area contributed by atoms with Crippen molar-refractivity contribution in [1.82, 2.24) is 19.9 Å². The normalized spacial score (nSPS) is 19.7. The van der Waals surface area contributed by atoms with Crippen LogP contribution in [0, 0.1) is 0 Å². The Morgan fingerprint density at radius 2 is 1.50 bits per heavy atom. The zero-order chi connectivity index (χ0) is 17.7. The molecule has 2 saturated carbocycles. The number of hydrogen-bond acceptors (Lipinski definition) is 6. The van der Waals surface area contributed by atoms with E-state index in [1.165, 1.54) is 25.7 Å². The minimum atomic E-state index is 0.0527. The van der Waals surface area contributed by atoms with Crippen molar-refractivity contribution in [3.63, 3.8) is 0 Å². The van der Waals surface area contributed by atoms with Gasteiger partial charge in [-0.3, -0.25) is 4.79 Å². The number of H-pyrrole nitrogens is 1. The van der Waals surface area contributed by atoms with E-state index in [0.29, 0.717) is 17.0 Å². The first-order valence-corrected chi connectivity index (χ1v) is 9.74. The fourth-order valence-electron chi connectivity index (χ4n) is 3.42. The maximum absolute atomic E-state index is 11.5. The summed E-state index contributed by atoms with van der Waals surface area (Å²) in [6.07, 6.45) is 6.54. The highest BCUT2D eigenvalue weighted by atomic mass is 35.5. The van der Waals surface area contributed by atoms with Gasteiger partial charge in [0.25, 0.3) is 5.56 Å². The van der Waals surface area contributed by atoms with Gasteiger partial charge in [0.2, 0.25) is 0 Å². The molecular weight excluding hydrogens is 352 g/mol. The zero-order valence-corrected chi connectivity index (χ0v) is 15.2. The molecule has 0 unspecified atom stereocenters. The van der Waals surface area contributed by atoms with E-state index in [-0.39, 0.29) is 5.56 Å². The van der Waals surface area contributed by atoms with E-state index >= 15 is 0 Å². The highest BCUT2D eigenvalue weighted by molar-refractivity contribution is 6.30. The standard InChI is InChI=1S/C9H10ClN3.C9H11N3O/c10-7-6-3-4-11-9(6)13-8(12-7)5-1-2-5;13-9-6-3-4-10-8(6)11-7(12-9)5-1-2-5/h5H,1-4H2,(H,11,12,13);5H,1-4H2,(H2,10,11,12,13). The van der Waals surface area contributed by atoms with Gasteiger partial charge in [0.1, 0.15) is 28.4 Å². The molecule has 4 aliphatic rings. The molecule has 0 bridgehead atoms. The Hall–Kier alpha value is -2.15. The summed E-state index contributed by atoms with van der Waals surface area (Å²) in [7, 11) is 0. The minimum Gasteiger partial charge on any atom is -0.369 e. The first-order valence-electron chi connectivity index (χ1n) is 9.36. The molecule has 2 aliphatic heterocycles. The Labute approximate surface area is 156 Å². The highest BCUT2D eigenvalue weighted by Crippen LogP contribution is 2.40. The average Bonchev–Trinajstić information content (AvgIpc) is 3.56. The molecule has 2 fully saturated rings. The van der Waals surface area contributed by atoms with Crippen molar-refractivity contribution in [2.24, 2.45) is 0 Å². The molecule has 8 heteroatoms. The van der Waals surface area contributed by atoms with Crippen molar-refractivity contribution in [3.8, 4) is 0 Å². The van der Waals surface area contributed by atoms with Gasteiger partial charge in [-0.05, 0) is 38.5 Å². The maximum atomic E-state index is 11.5. The fourth-order valence-corrected chi connectivity index (χ4v) is 3.69. The van der Waals surface area contributed by atoms with E-state index < -0.39 is 0 Å². The van der Waals surface area contributed by atoms with Crippen molar-refractivity contribution in [3.05, 3.63) is 38.3 Å². The van der Waals surface area contributed by atoms with Gasteiger partial charge in [-0.1, -0.05) is 11.6 Å². The smallest absolute Gasteiger partial charge is 0.256 e. The van der Waals surface area contributed by atoms with E-state index in [4.69, 9.17) is 11.6 Å². The van der Waals surface area contributed by atoms with Crippen LogP contribution in [0.3, 0.4) is 0 Å². The first-order chi connectivity index (χ1) is 12.7. The van der Waals surface area contributed by atoms with Crippen LogP contribution in [0.15, 0.2) is 4.79 Å². The molecule has 2 aromatic rings. The predicted molar refractivity (Wildman–Crippen MR) is 100 cm³/mol. The second-order valence-electron chi connectivity index (χ2n) is 7.38. The first kappa shape index (κ1) is 16.1. The van der Waals surface area contributed by atoms with E-state index in [1.54, 1.807) is 0 Å². The summed E-state index contributed by atoms with van der Waals surface area (Å²) in [5.41, 5.74) is 1.97. The Morgan fingerprint density at radius 3 is 2.19 bits per heavy atom. The summed E-state index contributed by atoms with van der Waals surface area (Å²) in [5.74, 6) is 4.66. The van der Waals surface area contributed by atoms with Crippen molar-refractivity contribution in [2.45, 2.75) is 50.4 Å². The zero-order valence-electron chi connectivity index (χ0n) is 14.4. The highest BCUT2D eigenvalue weighted by Gasteiger charge is 2.29. The number of fused-ring (bicyclic) bond motifs is 2. The molecule has 26 heavy (non-hydrogen) atoms. The molecule has 0 spiro atoms. The van der Waals surface area contributed by atoms with E-state index in [9.17, 15) is 4.79 Å². The molecule has 2 aromatic heterocycles. The molecule has 0 atom stereocenters. The number of anilines is 2. The number of nitrogens with zero attached hydrogens (tertiary/aromatic N) is 3. The van der Waals surface area contributed by atoms with Crippen molar-refractivity contribution >= 4 is 23.2 Å². The van der Waals surface area contributed by atoms with E-state index in [2.05, 4.69) is 30.6 Å². The number of hydrogen-bond donors (Lipinski definition) is 3. The molecule has 6 rings (SSSR count). The Balaban J connectivity index is 0.000000115.